The van der Waals surface area contributed by atoms with Gasteiger partial charge in [-0.2, -0.15) is 10.5 Å². The van der Waals surface area contributed by atoms with Crippen LogP contribution in [0.25, 0.3) is 6.08 Å². The molecule has 0 radical (unpaired) electrons. The Balaban J connectivity index is 1.93. The summed E-state index contributed by atoms with van der Waals surface area (Å²) in [6.45, 7) is 2.25. The summed E-state index contributed by atoms with van der Waals surface area (Å²) < 4.78 is 5.81. The van der Waals surface area contributed by atoms with Crippen molar-refractivity contribution >= 4 is 11.9 Å². The summed E-state index contributed by atoms with van der Waals surface area (Å²) >= 11 is 0. The average molecular weight is 373 g/mol. The van der Waals surface area contributed by atoms with Gasteiger partial charge in [-0.05, 0) is 35.8 Å². The van der Waals surface area contributed by atoms with Crippen LogP contribution in [0.4, 0.5) is 0 Å². The number of Topliss-reactive ketones (excluding diaryl/α,β-unsaturated/α-hetero) is 1. The molecule has 3 rings (SSSR count). The summed E-state index contributed by atoms with van der Waals surface area (Å²) in [7, 11) is 0. The van der Waals surface area contributed by atoms with Crippen molar-refractivity contribution in [2.24, 2.45) is 0 Å². The molecule has 0 atom stereocenters. The molecule has 28 heavy (non-hydrogen) atoms. The maximum Gasteiger partial charge on any atom is 0.231 e. The fourth-order valence-electron chi connectivity index (χ4n) is 3.04. The SMILES string of the molecule is CCc1ccc(C=C2Oc3c(ccc(O)c3CN(CC#N)CC#N)C2=O)cc1. The quantitative estimate of drug-likeness (QED) is 0.615. The van der Waals surface area contributed by atoms with Gasteiger partial charge in [-0.15, -0.1) is 0 Å². The number of hydrogen-bond donors (Lipinski definition) is 1. The van der Waals surface area contributed by atoms with Crippen LogP contribution in [-0.2, 0) is 13.0 Å². The van der Waals surface area contributed by atoms with Crippen molar-refractivity contribution in [2.45, 2.75) is 19.9 Å². The molecule has 0 amide bonds. The van der Waals surface area contributed by atoms with Gasteiger partial charge in [0.1, 0.15) is 11.5 Å². The lowest BCUT2D eigenvalue weighted by molar-refractivity contribution is 0.101. The first-order valence-electron chi connectivity index (χ1n) is 8.91. The lowest BCUT2D eigenvalue weighted by Gasteiger charge is -2.17. The Morgan fingerprint density at radius 1 is 1.11 bits per heavy atom. The standard InChI is InChI=1S/C22H19N3O3/c1-2-15-3-5-16(6-4-15)13-20-21(27)17-7-8-19(26)18(22(17)28-20)14-25(11-9-23)12-10-24/h3-8,13,26H,2,11-12,14H2,1H3. The lowest BCUT2D eigenvalue weighted by atomic mass is 10.0. The van der Waals surface area contributed by atoms with E-state index in [-0.39, 0.29) is 42.7 Å². The van der Waals surface area contributed by atoms with Crippen molar-refractivity contribution in [1.29, 1.82) is 10.5 Å². The molecule has 0 aliphatic carbocycles. The number of ketones is 1. The van der Waals surface area contributed by atoms with Gasteiger partial charge >= 0.3 is 0 Å². The van der Waals surface area contributed by atoms with Gasteiger partial charge in [-0.25, -0.2) is 0 Å². The van der Waals surface area contributed by atoms with Gasteiger partial charge in [0.2, 0.25) is 5.78 Å². The molecule has 2 aromatic carbocycles. The molecular weight excluding hydrogens is 354 g/mol. The fourth-order valence-corrected chi connectivity index (χ4v) is 3.04. The minimum absolute atomic E-state index is 0.0249. The Morgan fingerprint density at radius 3 is 2.39 bits per heavy atom. The highest BCUT2D eigenvalue weighted by atomic mass is 16.5. The van der Waals surface area contributed by atoms with Crippen LogP contribution in [0.2, 0.25) is 0 Å². The minimum Gasteiger partial charge on any atom is -0.507 e. The summed E-state index contributed by atoms with van der Waals surface area (Å²) in [5.41, 5.74) is 2.79. The number of phenolic OH excluding ortho intramolecular Hbond substituents is 1. The first kappa shape index (κ1) is 19.2. The molecule has 1 heterocycles. The van der Waals surface area contributed by atoms with Crippen molar-refractivity contribution in [1.82, 2.24) is 4.90 Å². The lowest BCUT2D eigenvalue weighted by Crippen LogP contribution is -2.24. The van der Waals surface area contributed by atoms with Gasteiger partial charge in [0.25, 0.3) is 0 Å². The molecule has 1 N–H and O–H groups in total. The molecule has 1 aliphatic heterocycles. The van der Waals surface area contributed by atoms with Crippen molar-refractivity contribution in [2.75, 3.05) is 13.1 Å². The zero-order chi connectivity index (χ0) is 20.1. The highest BCUT2D eigenvalue weighted by Gasteiger charge is 2.31. The smallest absolute Gasteiger partial charge is 0.231 e. The summed E-state index contributed by atoms with van der Waals surface area (Å²) in [6, 6.07) is 14.8. The largest absolute Gasteiger partial charge is 0.507 e. The average Bonchev–Trinajstić information content (AvgIpc) is 3.01. The van der Waals surface area contributed by atoms with E-state index in [1.807, 2.05) is 36.4 Å². The molecule has 6 nitrogen and oxygen atoms in total. The molecule has 0 bridgehead atoms. The van der Waals surface area contributed by atoms with E-state index in [9.17, 15) is 9.90 Å². The number of carbonyl (C=O) groups is 1. The molecule has 0 fully saturated rings. The maximum absolute atomic E-state index is 12.7. The molecule has 0 spiro atoms. The fraction of sp³-hybridized carbons (Fsp3) is 0.227. The molecule has 2 aromatic rings. The third-order valence-corrected chi connectivity index (χ3v) is 4.57. The maximum atomic E-state index is 12.7. The molecule has 0 saturated heterocycles. The molecule has 0 unspecified atom stereocenters. The number of aromatic hydroxyl groups is 1. The molecule has 1 aliphatic rings. The van der Waals surface area contributed by atoms with Crippen molar-refractivity contribution in [3.05, 3.63) is 64.4 Å². The minimum atomic E-state index is -0.261. The first-order chi connectivity index (χ1) is 13.6. The number of carbonyl (C=O) groups excluding carboxylic acids is 1. The molecule has 6 heteroatoms. The summed E-state index contributed by atoms with van der Waals surface area (Å²) in [4.78, 5) is 14.3. The van der Waals surface area contributed by atoms with E-state index in [4.69, 9.17) is 15.3 Å². The van der Waals surface area contributed by atoms with E-state index in [1.165, 1.54) is 17.7 Å². The first-order valence-corrected chi connectivity index (χ1v) is 8.91. The van der Waals surface area contributed by atoms with Gasteiger partial charge in [0.05, 0.1) is 36.4 Å². The van der Waals surface area contributed by atoms with Crippen LogP contribution in [-0.4, -0.2) is 28.9 Å². The van der Waals surface area contributed by atoms with Gasteiger partial charge in [0, 0.05) is 6.54 Å². The third kappa shape index (κ3) is 3.88. The Hall–Kier alpha value is -3.61. The number of benzene rings is 2. The number of phenols is 1. The van der Waals surface area contributed by atoms with Crippen molar-refractivity contribution < 1.29 is 14.6 Å². The van der Waals surface area contributed by atoms with Gasteiger partial charge < -0.3 is 9.84 Å². The van der Waals surface area contributed by atoms with E-state index >= 15 is 0 Å². The number of nitrogens with zero attached hydrogens (tertiary/aromatic N) is 3. The van der Waals surface area contributed by atoms with Crippen molar-refractivity contribution in [3.63, 3.8) is 0 Å². The second-order valence-electron chi connectivity index (χ2n) is 6.44. The monoisotopic (exact) mass is 373 g/mol. The predicted molar refractivity (Wildman–Crippen MR) is 103 cm³/mol. The number of rotatable bonds is 6. The molecular formula is C22H19N3O3. The molecule has 0 aromatic heterocycles. The van der Waals surface area contributed by atoms with Gasteiger partial charge in [-0.3, -0.25) is 9.69 Å². The van der Waals surface area contributed by atoms with Crippen molar-refractivity contribution in [3.8, 4) is 23.6 Å². The topological polar surface area (TPSA) is 97.3 Å². The number of ether oxygens (including phenoxy) is 1. The van der Waals surface area contributed by atoms with Gasteiger partial charge in [0.15, 0.2) is 5.76 Å². The van der Waals surface area contributed by atoms with Crippen LogP contribution >= 0.6 is 0 Å². The normalized spacial score (nSPS) is 13.9. The third-order valence-electron chi connectivity index (χ3n) is 4.57. The highest BCUT2D eigenvalue weighted by molar-refractivity contribution is 6.15. The Morgan fingerprint density at radius 2 is 1.79 bits per heavy atom. The second-order valence-corrected chi connectivity index (χ2v) is 6.44. The zero-order valence-electron chi connectivity index (χ0n) is 15.5. The Bertz CT molecular complexity index is 995. The highest BCUT2D eigenvalue weighted by Crippen LogP contribution is 2.40. The number of nitriles is 2. The Labute approximate surface area is 163 Å². The van der Waals surface area contributed by atoms with Crippen LogP contribution in [0.5, 0.6) is 11.5 Å². The zero-order valence-corrected chi connectivity index (χ0v) is 15.5. The number of allylic oxidation sites excluding steroid dienone is 1. The van der Waals surface area contributed by atoms with E-state index < -0.39 is 0 Å². The molecule has 140 valence electrons. The van der Waals surface area contributed by atoms with E-state index in [0.29, 0.717) is 11.1 Å². The number of fused-ring (bicyclic) bond motifs is 1. The van der Waals surface area contributed by atoms with Crippen LogP contribution in [0.15, 0.2) is 42.2 Å². The number of aryl methyl sites for hydroxylation is 1. The van der Waals surface area contributed by atoms with E-state index in [1.54, 1.807) is 11.0 Å². The Kier molecular flexibility index (Phi) is 5.74. The summed E-state index contributed by atoms with van der Waals surface area (Å²) in [5, 5.41) is 28.1. The van der Waals surface area contributed by atoms with Crippen LogP contribution in [0.1, 0.15) is 34.0 Å². The van der Waals surface area contributed by atoms with Crippen LogP contribution in [0.3, 0.4) is 0 Å². The second kappa shape index (κ2) is 8.39. The van der Waals surface area contributed by atoms with Crippen LogP contribution in [0, 0.1) is 22.7 Å². The predicted octanol–water partition coefficient (Wildman–Crippen LogP) is 3.42. The summed E-state index contributed by atoms with van der Waals surface area (Å²) in [5.74, 6) is 0.157. The van der Waals surface area contributed by atoms with E-state index in [2.05, 4.69) is 6.92 Å². The summed E-state index contributed by atoms with van der Waals surface area (Å²) in [6.07, 6.45) is 2.60. The van der Waals surface area contributed by atoms with E-state index in [0.717, 1.165) is 12.0 Å². The molecule has 0 saturated carbocycles. The van der Waals surface area contributed by atoms with Gasteiger partial charge in [-0.1, -0.05) is 31.2 Å². The van der Waals surface area contributed by atoms with Crippen LogP contribution < -0.4 is 4.74 Å². The number of hydrogen-bond acceptors (Lipinski definition) is 6.